The van der Waals surface area contributed by atoms with Gasteiger partial charge in [-0.1, -0.05) is 103 Å². The molecule has 0 radical (unpaired) electrons. The number of unbranched alkanes of at least 4 members (excludes halogenated alkanes) is 2. The fourth-order valence-electron chi connectivity index (χ4n) is 10.8. The summed E-state index contributed by atoms with van der Waals surface area (Å²) in [5.74, 6) is -13.1. The molecule has 1 saturated heterocycles. The minimum atomic E-state index is -2.74. The van der Waals surface area contributed by atoms with Gasteiger partial charge in [0.05, 0.1) is 60.9 Å². The molecule has 0 aromatic rings. The first-order valence-corrected chi connectivity index (χ1v) is 30.5. The Balaban J connectivity index is 2.53. The lowest BCUT2D eigenvalue weighted by Crippen LogP contribution is -2.60. The van der Waals surface area contributed by atoms with E-state index in [2.05, 4.69) is 29.4 Å². The molecule has 2 rings (SSSR count). The van der Waals surface area contributed by atoms with Gasteiger partial charge in [-0.2, -0.15) is 0 Å². The Morgan fingerprint density at radius 2 is 1.33 bits per heavy atom. The minimum Gasteiger partial charge on any atom is -0.481 e. The number of fused-ring (bicyclic) bond motifs is 2. The number of aliphatic hydroxyl groups is 10. The van der Waals surface area contributed by atoms with Crippen molar-refractivity contribution in [3.8, 4) is 0 Å². The van der Waals surface area contributed by atoms with Crippen LogP contribution in [-0.2, 0) is 42.9 Å². The van der Waals surface area contributed by atoms with Crippen molar-refractivity contribution in [1.82, 2.24) is 5.32 Å². The van der Waals surface area contributed by atoms with Gasteiger partial charge >= 0.3 is 29.8 Å². The number of ether oxygens (including phenoxy) is 4. The van der Waals surface area contributed by atoms with Gasteiger partial charge in [-0.05, 0) is 76.0 Å². The molecule has 0 aliphatic carbocycles. The van der Waals surface area contributed by atoms with Gasteiger partial charge in [-0.15, -0.1) is 0 Å². The summed E-state index contributed by atoms with van der Waals surface area (Å²) in [6.07, 6.45) is -3.69. The zero-order valence-corrected chi connectivity index (χ0v) is 51.8. The quantitative estimate of drug-likeness (QED) is 0.0189. The highest BCUT2D eigenvalue weighted by molar-refractivity contribution is 5.90. The number of carboxylic acid groups (broad SMARTS) is 2. The third-order valence-electron chi connectivity index (χ3n) is 16.7. The first-order chi connectivity index (χ1) is 40.3. The highest BCUT2D eigenvalue weighted by atomic mass is 16.7. The van der Waals surface area contributed by atoms with Crippen molar-refractivity contribution in [2.24, 2.45) is 58.1 Å². The van der Waals surface area contributed by atoms with Gasteiger partial charge in [0.15, 0.2) is 11.7 Å². The van der Waals surface area contributed by atoms with E-state index >= 15 is 0 Å². The molecule has 0 amide bonds. The van der Waals surface area contributed by atoms with Crippen molar-refractivity contribution in [3.63, 3.8) is 0 Å². The van der Waals surface area contributed by atoms with Crippen LogP contribution >= 0.6 is 0 Å². The van der Waals surface area contributed by atoms with Crippen molar-refractivity contribution >= 4 is 35.8 Å². The summed E-state index contributed by atoms with van der Waals surface area (Å²) in [6, 6.07) is 0. The van der Waals surface area contributed by atoms with Gasteiger partial charge in [0.1, 0.15) is 37.3 Å². The van der Waals surface area contributed by atoms with Crippen LogP contribution in [0.2, 0.25) is 0 Å². The number of carbonyl (C=O) groups is 5. The number of guanidine groups is 1. The first-order valence-electron chi connectivity index (χ1n) is 30.5. The molecule has 15 N–H and O–H groups in total. The van der Waals surface area contributed by atoms with Crippen LogP contribution in [0.5, 0.6) is 0 Å². The minimum absolute atomic E-state index is 0.00495. The lowest BCUT2D eigenvalue weighted by molar-refractivity contribution is -0.334. The summed E-state index contributed by atoms with van der Waals surface area (Å²) in [4.78, 5) is 66.1. The van der Waals surface area contributed by atoms with Crippen molar-refractivity contribution in [1.29, 1.82) is 0 Å². The lowest BCUT2D eigenvalue weighted by atomic mass is 9.83. The van der Waals surface area contributed by atoms with Gasteiger partial charge in [-0.25, -0.2) is 0 Å². The number of allylic oxidation sites excluding steroid dienone is 4. The number of cyclic esters (lactones) is 1. The lowest BCUT2D eigenvalue weighted by Gasteiger charge is -2.46. The number of carboxylic acids is 2. The number of hydrogen-bond donors (Lipinski definition) is 14. The van der Waals surface area contributed by atoms with E-state index in [0.29, 0.717) is 12.4 Å². The normalized spacial score (nSPS) is 36.9. The van der Waals surface area contributed by atoms with Crippen LogP contribution in [0.1, 0.15) is 158 Å². The van der Waals surface area contributed by atoms with E-state index in [1.807, 2.05) is 13.8 Å². The summed E-state index contributed by atoms with van der Waals surface area (Å²) in [7, 11) is 1.62. The Bertz CT molecular complexity index is 2200. The average Bonchev–Trinajstić information content (AvgIpc) is 1.53. The monoisotopic (exact) mass is 1230 g/mol. The molecule has 0 saturated carbocycles. The topological polar surface area (TPSA) is 415 Å². The molecular weight excluding hydrogens is 1120 g/mol. The molecule has 24 heteroatoms. The van der Waals surface area contributed by atoms with Crippen molar-refractivity contribution in [2.45, 2.75) is 243 Å². The summed E-state index contributed by atoms with van der Waals surface area (Å²) >= 11 is 0. The molecule has 2 heterocycles. The van der Waals surface area contributed by atoms with Crippen LogP contribution in [0.25, 0.3) is 0 Å². The number of aliphatic hydroxyl groups excluding tert-OH is 9. The van der Waals surface area contributed by atoms with Crippen LogP contribution in [0.4, 0.5) is 0 Å². The third kappa shape index (κ3) is 28.5. The number of aliphatic carboxylic acids is 2. The van der Waals surface area contributed by atoms with Crippen molar-refractivity contribution in [2.75, 3.05) is 13.6 Å². The second-order valence-electron chi connectivity index (χ2n) is 24.4. The molecule has 86 heavy (non-hydrogen) atoms. The molecule has 0 aromatic carbocycles. The molecule has 2 aliphatic heterocycles. The summed E-state index contributed by atoms with van der Waals surface area (Å²) in [6.45, 7) is 14.6. The van der Waals surface area contributed by atoms with Gasteiger partial charge in [-0.3, -0.25) is 29.0 Å². The van der Waals surface area contributed by atoms with E-state index in [0.717, 1.165) is 38.6 Å². The highest BCUT2D eigenvalue weighted by Gasteiger charge is 2.52. The second-order valence-corrected chi connectivity index (χ2v) is 24.4. The summed E-state index contributed by atoms with van der Waals surface area (Å²) < 4.78 is 22.9. The Morgan fingerprint density at radius 3 is 1.95 bits per heavy atom. The average molecular weight is 1230 g/mol. The maximum Gasteiger partial charge on any atom is 0.317 e. The maximum absolute atomic E-state index is 13.9. The van der Waals surface area contributed by atoms with Crippen molar-refractivity contribution in [3.05, 3.63) is 48.6 Å². The van der Waals surface area contributed by atoms with Crippen molar-refractivity contribution < 1.29 is 104 Å². The number of carbonyl (C=O) groups excluding carboxylic acids is 3. The molecule has 2 bridgehead atoms. The van der Waals surface area contributed by atoms with Gasteiger partial charge < -0.3 is 91.3 Å². The van der Waals surface area contributed by atoms with Gasteiger partial charge in [0.25, 0.3) is 0 Å². The SMILES string of the molecule is CN=C(N)NCCC/C=C/CCC[C@@H](C)C[C@@H](C)[C@H]1OC(=O)[C@H](C)[C@H](O)/C=C/[C@H](C)[C@H](O)C[C@H](O)[C@H](C)[C@H](O)CC[C@H](C)[C@@H](O)C[C@]2(O)O[C@H](C[C@@H](OC(=O)CC(=O)O)C[C@H](O)C[C@@H](O)[C@H](C)[C@H](O)/C=C/C=C/[C@H]1C)C[C@H](OC(=O)CC(=O)O)[C@@H]2O. The molecule has 0 unspecified atom stereocenters. The highest BCUT2D eigenvalue weighted by Crippen LogP contribution is 2.38. The molecule has 24 nitrogen and oxygen atoms in total. The number of esters is 3. The van der Waals surface area contributed by atoms with E-state index in [1.165, 1.54) is 32.1 Å². The Hall–Kier alpha value is -4.86. The standard InChI is InChI=1S/C62H105N3O21/c1-35(18-14-12-10-11-13-17-25-65-61(63)64-9)26-39(5)58-38(4)19-15-16-20-46(67)40(6)50(71)28-43(66)27-44(83-56(78)32-54(74)75)29-45-30-53(84-57(79)33-55(76)77)59(80)62(82,86-45)34-52(73)37(3)22-23-47(68)41(7)51(72)31-49(70)36(2)21-24-48(69)42(8)60(81)85-58/h10-11,15-16,19-21,24,35-53,58-59,66-73,80,82H,12-14,17-18,22-23,25-34H2,1-9H3,(H,74,75)(H,76,77)(H3,63,64,65)/b11-10+,19-15+,20-16+,24-21+/t35-,36+,37+,38-,39-,40-,41-,42-,43+,44+,45-,46-,47-,48-,49-,50-,51+,52+,53+,58+,59+,62+/m1/s1. The van der Waals surface area contributed by atoms with Crippen LogP contribution in [-0.4, -0.2) is 196 Å². The predicted octanol–water partition coefficient (Wildman–Crippen LogP) is 3.33. The number of nitrogens with one attached hydrogen (secondary N) is 1. The summed E-state index contributed by atoms with van der Waals surface area (Å²) in [5.41, 5.74) is 5.69. The summed E-state index contributed by atoms with van der Waals surface area (Å²) in [5, 5.41) is 135. The fraction of sp³-hybridized carbons (Fsp3) is 0.774. The van der Waals surface area contributed by atoms with Gasteiger partial charge in [0, 0.05) is 69.4 Å². The largest absolute Gasteiger partial charge is 0.481 e. The predicted molar refractivity (Wildman–Crippen MR) is 318 cm³/mol. The van der Waals surface area contributed by atoms with Crippen LogP contribution in [0, 0.1) is 47.3 Å². The number of nitrogens with zero attached hydrogens (tertiary/aromatic N) is 1. The van der Waals surface area contributed by atoms with Crippen LogP contribution in [0.3, 0.4) is 0 Å². The molecule has 0 spiro atoms. The van der Waals surface area contributed by atoms with E-state index in [-0.39, 0.29) is 37.0 Å². The Labute approximate surface area is 507 Å². The second kappa shape index (κ2) is 39.2. The van der Waals surface area contributed by atoms with E-state index < -0.39 is 190 Å². The Morgan fingerprint density at radius 1 is 0.721 bits per heavy atom. The number of nitrogens with two attached hydrogens (primary N) is 1. The molecule has 1 fully saturated rings. The first kappa shape index (κ1) is 77.2. The Kier molecular flexibility index (Phi) is 35.2. The molecule has 2 aliphatic rings. The maximum atomic E-state index is 13.9. The van der Waals surface area contributed by atoms with Crippen LogP contribution < -0.4 is 11.1 Å². The number of aliphatic imine (C=N–C) groups is 1. The third-order valence-corrected chi connectivity index (χ3v) is 16.7. The van der Waals surface area contributed by atoms with E-state index in [4.69, 9.17) is 24.7 Å². The molecule has 494 valence electrons. The zero-order chi connectivity index (χ0) is 65.0. The molecule has 22 atom stereocenters. The van der Waals surface area contributed by atoms with E-state index in [1.54, 1.807) is 46.0 Å². The van der Waals surface area contributed by atoms with Crippen LogP contribution in [0.15, 0.2) is 53.6 Å². The smallest absolute Gasteiger partial charge is 0.317 e. The fourth-order valence-corrected chi connectivity index (χ4v) is 10.8. The van der Waals surface area contributed by atoms with E-state index in [9.17, 15) is 85.3 Å². The molecular formula is C62H105N3O21. The molecule has 0 aromatic heterocycles. The van der Waals surface area contributed by atoms with Gasteiger partial charge in [0.2, 0.25) is 0 Å². The number of rotatable bonds is 17. The number of hydrogen-bond acceptors (Lipinski definition) is 20. The zero-order valence-electron chi connectivity index (χ0n) is 51.8.